The summed E-state index contributed by atoms with van der Waals surface area (Å²) < 4.78 is 0. The van der Waals surface area contributed by atoms with Gasteiger partial charge in [-0.05, 0) is 69.4 Å². The number of fused-ring (bicyclic) bond motifs is 1. The summed E-state index contributed by atoms with van der Waals surface area (Å²) in [5.74, 6) is 1.02. The SMILES string of the molecule is CCCNCC(CC)(CC)CN1CCC[C@H]2CCCC[C@H]21. The van der Waals surface area contributed by atoms with Crippen molar-refractivity contribution in [1.29, 1.82) is 0 Å². The van der Waals surface area contributed by atoms with Crippen molar-refractivity contribution in [3.63, 3.8) is 0 Å². The summed E-state index contributed by atoms with van der Waals surface area (Å²) in [6, 6.07) is 0.913. The van der Waals surface area contributed by atoms with Crippen molar-refractivity contribution in [3.8, 4) is 0 Å². The number of piperidine rings is 1. The summed E-state index contributed by atoms with van der Waals surface area (Å²) in [6.45, 7) is 12.1. The van der Waals surface area contributed by atoms with Gasteiger partial charge in [-0.25, -0.2) is 0 Å². The van der Waals surface area contributed by atoms with E-state index in [1.165, 1.54) is 84.0 Å². The van der Waals surface area contributed by atoms with Crippen LogP contribution >= 0.6 is 0 Å². The quantitative estimate of drug-likeness (QED) is 0.665. The summed E-state index contributed by atoms with van der Waals surface area (Å²) in [7, 11) is 0. The van der Waals surface area contributed by atoms with Crippen molar-refractivity contribution in [1.82, 2.24) is 10.2 Å². The normalized spacial score (nSPS) is 27.6. The fourth-order valence-corrected chi connectivity index (χ4v) is 4.66. The maximum Gasteiger partial charge on any atom is 0.0124 e. The zero-order valence-electron chi connectivity index (χ0n) is 14.8. The van der Waals surface area contributed by atoms with Crippen molar-refractivity contribution in [2.45, 2.75) is 84.6 Å². The summed E-state index contributed by atoms with van der Waals surface area (Å²) in [5, 5.41) is 3.71. The lowest BCUT2D eigenvalue weighted by Gasteiger charge is -2.48. The largest absolute Gasteiger partial charge is 0.316 e. The van der Waals surface area contributed by atoms with E-state index in [0.29, 0.717) is 5.41 Å². The van der Waals surface area contributed by atoms with Crippen LogP contribution in [0.25, 0.3) is 0 Å². The molecule has 2 fully saturated rings. The Bertz CT molecular complexity index is 283. The second-order valence-corrected chi connectivity index (χ2v) is 7.61. The van der Waals surface area contributed by atoms with Gasteiger partial charge >= 0.3 is 0 Å². The fourth-order valence-electron chi connectivity index (χ4n) is 4.66. The van der Waals surface area contributed by atoms with Gasteiger partial charge in [0.15, 0.2) is 0 Å². The molecule has 0 spiro atoms. The Kier molecular flexibility index (Phi) is 7.01. The van der Waals surface area contributed by atoms with Crippen LogP contribution in [-0.2, 0) is 0 Å². The number of hydrogen-bond acceptors (Lipinski definition) is 2. The van der Waals surface area contributed by atoms with Gasteiger partial charge in [0, 0.05) is 19.1 Å². The first-order chi connectivity index (χ1) is 10.2. The highest BCUT2D eigenvalue weighted by Gasteiger charge is 2.37. The zero-order valence-corrected chi connectivity index (χ0v) is 14.8. The van der Waals surface area contributed by atoms with Crippen LogP contribution in [0, 0.1) is 11.3 Å². The number of nitrogens with zero attached hydrogens (tertiary/aromatic N) is 1. The molecule has 0 bridgehead atoms. The van der Waals surface area contributed by atoms with E-state index in [2.05, 4.69) is 31.0 Å². The monoisotopic (exact) mass is 294 g/mol. The highest BCUT2D eigenvalue weighted by Crippen LogP contribution is 2.38. The Morgan fingerprint density at radius 1 is 1.00 bits per heavy atom. The van der Waals surface area contributed by atoms with E-state index in [0.717, 1.165) is 12.0 Å². The van der Waals surface area contributed by atoms with Crippen LogP contribution in [0.15, 0.2) is 0 Å². The molecule has 1 aliphatic heterocycles. The average molecular weight is 295 g/mol. The predicted molar refractivity (Wildman–Crippen MR) is 92.7 cm³/mol. The molecule has 0 amide bonds. The zero-order chi connectivity index (χ0) is 15.1. The molecule has 1 N–H and O–H groups in total. The highest BCUT2D eigenvalue weighted by atomic mass is 15.2. The minimum absolute atomic E-state index is 0.495. The van der Waals surface area contributed by atoms with Gasteiger partial charge in [0.25, 0.3) is 0 Å². The van der Waals surface area contributed by atoms with Crippen molar-refractivity contribution in [3.05, 3.63) is 0 Å². The van der Waals surface area contributed by atoms with Crippen LogP contribution in [0.3, 0.4) is 0 Å². The molecular formula is C19H38N2. The summed E-state index contributed by atoms with van der Waals surface area (Å²) in [5.41, 5.74) is 0.495. The van der Waals surface area contributed by atoms with E-state index in [1.54, 1.807) is 0 Å². The third-order valence-electron chi connectivity index (χ3n) is 6.32. The molecule has 1 saturated carbocycles. The number of nitrogens with one attached hydrogen (secondary N) is 1. The summed E-state index contributed by atoms with van der Waals surface area (Å²) >= 11 is 0. The van der Waals surface area contributed by atoms with Crippen LogP contribution in [0.2, 0.25) is 0 Å². The molecule has 1 heterocycles. The third-order valence-corrected chi connectivity index (χ3v) is 6.32. The van der Waals surface area contributed by atoms with Gasteiger partial charge in [0.05, 0.1) is 0 Å². The molecular weight excluding hydrogens is 256 g/mol. The van der Waals surface area contributed by atoms with Gasteiger partial charge in [0.2, 0.25) is 0 Å². The van der Waals surface area contributed by atoms with Gasteiger partial charge in [-0.1, -0.05) is 33.6 Å². The van der Waals surface area contributed by atoms with Gasteiger partial charge in [-0.3, -0.25) is 4.90 Å². The average Bonchev–Trinajstić information content (AvgIpc) is 2.54. The molecule has 0 unspecified atom stereocenters. The third kappa shape index (κ3) is 4.45. The van der Waals surface area contributed by atoms with Crippen LogP contribution in [0.4, 0.5) is 0 Å². The molecule has 124 valence electrons. The van der Waals surface area contributed by atoms with E-state index in [1.807, 2.05) is 0 Å². The highest BCUT2D eigenvalue weighted by molar-refractivity contribution is 4.91. The Morgan fingerprint density at radius 2 is 1.71 bits per heavy atom. The van der Waals surface area contributed by atoms with Gasteiger partial charge < -0.3 is 5.32 Å². The standard InChI is InChI=1S/C19H38N2/c1-4-13-20-15-19(5-2,6-3)16-21-14-9-11-17-10-7-8-12-18(17)21/h17-18,20H,4-16H2,1-3H3/t17-,18-/m1/s1. The van der Waals surface area contributed by atoms with Crippen LogP contribution in [0.5, 0.6) is 0 Å². The lowest BCUT2D eigenvalue weighted by molar-refractivity contribution is 0.0201. The van der Waals surface area contributed by atoms with E-state index in [-0.39, 0.29) is 0 Å². The first-order valence-corrected chi connectivity index (χ1v) is 9.69. The topological polar surface area (TPSA) is 15.3 Å². The summed E-state index contributed by atoms with van der Waals surface area (Å²) in [4.78, 5) is 2.90. The summed E-state index contributed by atoms with van der Waals surface area (Å²) in [6.07, 6.45) is 12.7. The van der Waals surface area contributed by atoms with E-state index in [4.69, 9.17) is 0 Å². The molecule has 2 aliphatic rings. The molecule has 2 heteroatoms. The van der Waals surface area contributed by atoms with Gasteiger partial charge in [-0.15, -0.1) is 0 Å². The van der Waals surface area contributed by atoms with Gasteiger partial charge in [-0.2, -0.15) is 0 Å². The van der Waals surface area contributed by atoms with Gasteiger partial charge in [0.1, 0.15) is 0 Å². The minimum Gasteiger partial charge on any atom is -0.316 e. The maximum absolute atomic E-state index is 3.71. The van der Waals surface area contributed by atoms with Crippen molar-refractivity contribution in [2.75, 3.05) is 26.2 Å². The molecule has 0 radical (unpaired) electrons. The molecule has 1 aliphatic carbocycles. The minimum atomic E-state index is 0.495. The Balaban J connectivity index is 1.97. The van der Waals surface area contributed by atoms with E-state index < -0.39 is 0 Å². The number of hydrogen-bond donors (Lipinski definition) is 1. The van der Waals surface area contributed by atoms with Crippen LogP contribution in [0.1, 0.15) is 78.6 Å². The molecule has 1 saturated heterocycles. The molecule has 2 atom stereocenters. The molecule has 21 heavy (non-hydrogen) atoms. The first kappa shape index (κ1) is 17.3. The van der Waals surface area contributed by atoms with Crippen LogP contribution in [-0.4, -0.2) is 37.1 Å². The Morgan fingerprint density at radius 3 is 2.43 bits per heavy atom. The fraction of sp³-hybridized carbons (Fsp3) is 1.00. The second-order valence-electron chi connectivity index (χ2n) is 7.61. The molecule has 0 aromatic rings. The smallest absolute Gasteiger partial charge is 0.0124 e. The van der Waals surface area contributed by atoms with Crippen molar-refractivity contribution in [2.24, 2.45) is 11.3 Å². The first-order valence-electron chi connectivity index (χ1n) is 9.69. The Labute approximate surface area is 133 Å². The molecule has 2 rings (SSSR count). The Hall–Kier alpha value is -0.0800. The lowest BCUT2D eigenvalue weighted by Crippen LogP contribution is -2.52. The molecule has 2 nitrogen and oxygen atoms in total. The van der Waals surface area contributed by atoms with Crippen molar-refractivity contribution < 1.29 is 0 Å². The maximum atomic E-state index is 3.71. The molecule has 0 aromatic carbocycles. The second kappa shape index (κ2) is 8.53. The lowest BCUT2D eigenvalue weighted by atomic mass is 9.75. The van der Waals surface area contributed by atoms with E-state index in [9.17, 15) is 0 Å². The predicted octanol–water partition coefficient (Wildman–Crippen LogP) is 4.45. The van der Waals surface area contributed by atoms with Crippen LogP contribution < -0.4 is 5.32 Å². The van der Waals surface area contributed by atoms with E-state index >= 15 is 0 Å². The van der Waals surface area contributed by atoms with Crippen molar-refractivity contribution >= 4 is 0 Å². The molecule has 0 aromatic heterocycles. The number of likely N-dealkylation sites (tertiary alicyclic amines) is 1. The number of rotatable bonds is 8.